The molecule has 15 heavy (non-hydrogen) atoms. The van der Waals surface area contributed by atoms with Crippen LogP contribution in [0.4, 0.5) is 0 Å². The average Bonchev–Trinajstić information content (AvgIpc) is 2.68. The Hall–Kier alpha value is -0.470. The summed E-state index contributed by atoms with van der Waals surface area (Å²) < 4.78 is 0. The molecule has 1 fully saturated rings. The van der Waals surface area contributed by atoms with E-state index in [0.29, 0.717) is 0 Å². The van der Waals surface area contributed by atoms with Crippen LogP contribution in [0, 0.1) is 0 Å². The van der Waals surface area contributed by atoms with Gasteiger partial charge in [-0.3, -0.25) is 0 Å². The third-order valence-corrected chi connectivity index (χ3v) is 4.13. The summed E-state index contributed by atoms with van der Waals surface area (Å²) in [6.07, 6.45) is 4.85. The molecule has 0 heterocycles. The van der Waals surface area contributed by atoms with E-state index in [1.807, 2.05) is 11.8 Å². The summed E-state index contributed by atoms with van der Waals surface area (Å²) in [6.45, 7) is 2.18. The summed E-state index contributed by atoms with van der Waals surface area (Å²) in [6, 6.07) is 8.83. The van der Waals surface area contributed by atoms with Crippen LogP contribution in [0.25, 0.3) is 0 Å². The molecule has 0 atom stereocenters. The first kappa shape index (κ1) is 11.0. The number of benzene rings is 1. The lowest BCUT2D eigenvalue weighted by molar-refractivity contribution is 0.461. The van der Waals surface area contributed by atoms with E-state index in [9.17, 15) is 0 Å². The quantitative estimate of drug-likeness (QED) is 0.790. The van der Waals surface area contributed by atoms with Crippen LogP contribution in [0.2, 0.25) is 0 Å². The summed E-state index contributed by atoms with van der Waals surface area (Å²) in [5, 5.41) is 0. The van der Waals surface area contributed by atoms with E-state index in [1.165, 1.54) is 23.3 Å². The fraction of sp³-hybridized carbons (Fsp3) is 0.538. The molecule has 0 aliphatic heterocycles. The Bertz CT molecular complexity index is 312. The van der Waals surface area contributed by atoms with Crippen LogP contribution in [-0.2, 0) is 5.54 Å². The molecule has 1 aliphatic carbocycles. The molecular weight excluding hydrogens is 202 g/mol. The molecule has 0 spiro atoms. The van der Waals surface area contributed by atoms with E-state index in [4.69, 9.17) is 5.73 Å². The zero-order chi connectivity index (χ0) is 10.7. The largest absolute Gasteiger partial charge is 0.321 e. The molecule has 2 heteroatoms. The predicted molar refractivity (Wildman–Crippen MR) is 67.2 cm³/mol. The molecule has 82 valence electrons. The molecule has 2 N–H and O–H groups in total. The summed E-state index contributed by atoms with van der Waals surface area (Å²) in [5.41, 5.74) is 7.69. The number of nitrogens with two attached hydrogens (primary N) is 1. The van der Waals surface area contributed by atoms with Gasteiger partial charge in [-0.2, -0.15) is 0 Å². The maximum Gasteiger partial charge on any atom is 0.0409 e. The van der Waals surface area contributed by atoms with Crippen LogP contribution in [0.5, 0.6) is 0 Å². The fourth-order valence-corrected chi connectivity index (χ4v) is 3.01. The molecular formula is C13H19NS. The highest BCUT2D eigenvalue weighted by molar-refractivity contribution is 7.99. The highest BCUT2D eigenvalue weighted by Crippen LogP contribution is 2.36. The van der Waals surface area contributed by atoms with Crippen molar-refractivity contribution in [2.45, 2.75) is 43.0 Å². The topological polar surface area (TPSA) is 26.0 Å². The average molecular weight is 221 g/mol. The fourth-order valence-electron chi connectivity index (χ4n) is 2.34. The minimum atomic E-state index is -0.0323. The lowest BCUT2D eigenvalue weighted by atomic mass is 9.90. The van der Waals surface area contributed by atoms with Gasteiger partial charge in [-0.1, -0.05) is 31.9 Å². The molecule has 0 radical (unpaired) electrons. The summed E-state index contributed by atoms with van der Waals surface area (Å²) in [7, 11) is 0. The summed E-state index contributed by atoms with van der Waals surface area (Å²) >= 11 is 1.88. The number of hydrogen-bond acceptors (Lipinski definition) is 2. The van der Waals surface area contributed by atoms with E-state index in [1.54, 1.807) is 0 Å². The normalized spacial score (nSPS) is 19.3. The van der Waals surface area contributed by atoms with E-state index in [-0.39, 0.29) is 5.54 Å². The van der Waals surface area contributed by atoms with Gasteiger partial charge in [0.15, 0.2) is 0 Å². The van der Waals surface area contributed by atoms with Gasteiger partial charge in [0.2, 0.25) is 0 Å². The maximum absolute atomic E-state index is 6.40. The summed E-state index contributed by atoms with van der Waals surface area (Å²) in [4.78, 5) is 1.35. The molecule has 1 nitrogen and oxygen atoms in total. The third-order valence-electron chi connectivity index (χ3n) is 3.24. The minimum absolute atomic E-state index is 0.0323. The van der Waals surface area contributed by atoms with Crippen molar-refractivity contribution in [3.8, 4) is 0 Å². The van der Waals surface area contributed by atoms with Crippen LogP contribution in [0.3, 0.4) is 0 Å². The highest BCUT2D eigenvalue weighted by Gasteiger charge is 2.30. The smallest absolute Gasteiger partial charge is 0.0409 e. The Balaban J connectivity index is 2.15. The zero-order valence-corrected chi connectivity index (χ0v) is 10.1. The number of hydrogen-bond donors (Lipinski definition) is 1. The van der Waals surface area contributed by atoms with Crippen molar-refractivity contribution >= 4 is 11.8 Å². The van der Waals surface area contributed by atoms with E-state index >= 15 is 0 Å². The molecule has 0 saturated heterocycles. The van der Waals surface area contributed by atoms with Crippen LogP contribution >= 0.6 is 11.8 Å². The van der Waals surface area contributed by atoms with Gasteiger partial charge in [0, 0.05) is 10.4 Å². The summed E-state index contributed by atoms with van der Waals surface area (Å²) in [5.74, 6) is 1.13. The lowest BCUT2D eigenvalue weighted by Gasteiger charge is -2.24. The van der Waals surface area contributed by atoms with Gasteiger partial charge in [0.1, 0.15) is 0 Å². The van der Waals surface area contributed by atoms with Gasteiger partial charge in [-0.15, -0.1) is 11.8 Å². The van der Waals surface area contributed by atoms with Crippen LogP contribution < -0.4 is 5.73 Å². The SMILES string of the molecule is CCSc1ccc(C2(N)CCCC2)cc1. The molecule has 0 amide bonds. The van der Waals surface area contributed by atoms with Crippen LogP contribution in [0.1, 0.15) is 38.2 Å². The van der Waals surface area contributed by atoms with Gasteiger partial charge in [-0.05, 0) is 36.3 Å². The van der Waals surface area contributed by atoms with Crippen molar-refractivity contribution in [1.29, 1.82) is 0 Å². The third kappa shape index (κ3) is 2.37. The lowest BCUT2D eigenvalue weighted by Crippen LogP contribution is -2.32. The van der Waals surface area contributed by atoms with Crippen molar-refractivity contribution in [3.05, 3.63) is 29.8 Å². The highest BCUT2D eigenvalue weighted by atomic mass is 32.2. The van der Waals surface area contributed by atoms with Crippen molar-refractivity contribution in [2.24, 2.45) is 5.73 Å². The Morgan fingerprint density at radius 3 is 2.33 bits per heavy atom. The number of rotatable bonds is 3. The second-order valence-corrected chi connectivity index (χ2v) is 5.66. The molecule has 0 unspecified atom stereocenters. The minimum Gasteiger partial charge on any atom is -0.321 e. The Morgan fingerprint density at radius 1 is 1.20 bits per heavy atom. The van der Waals surface area contributed by atoms with E-state index in [0.717, 1.165) is 18.6 Å². The van der Waals surface area contributed by atoms with Gasteiger partial charge >= 0.3 is 0 Å². The maximum atomic E-state index is 6.40. The molecule has 0 bridgehead atoms. The van der Waals surface area contributed by atoms with Crippen molar-refractivity contribution in [2.75, 3.05) is 5.75 Å². The van der Waals surface area contributed by atoms with Gasteiger partial charge in [0.05, 0.1) is 0 Å². The van der Waals surface area contributed by atoms with Crippen molar-refractivity contribution in [1.82, 2.24) is 0 Å². The van der Waals surface area contributed by atoms with E-state index in [2.05, 4.69) is 31.2 Å². The van der Waals surface area contributed by atoms with Gasteiger partial charge in [-0.25, -0.2) is 0 Å². The first-order chi connectivity index (χ1) is 7.24. The second kappa shape index (κ2) is 4.58. The van der Waals surface area contributed by atoms with Crippen molar-refractivity contribution < 1.29 is 0 Å². The standard InChI is InChI=1S/C13H19NS/c1-2-15-12-7-5-11(6-8-12)13(14)9-3-4-10-13/h5-8H,2-4,9-10,14H2,1H3. The molecule has 1 aromatic carbocycles. The molecule has 1 saturated carbocycles. The first-order valence-corrected chi connectivity index (χ1v) is 6.75. The molecule has 0 aromatic heterocycles. The first-order valence-electron chi connectivity index (χ1n) is 5.77. The predicted octanol–water partition coefficient (Wildman–Crippen LogP) is 3.53. The van der Waals surface area contributed by atoms with Crippen LogP contribution in [-0.4, -0.2) is 5.75 Å². The monoisotopic (exact) mass is 221 g/mol. The van der Waals surface area contributed by atoms with Gasteiger partial charge in [0.25, 0.3) is 0 Å². The second-order valence-electron chi connectivity index (χ2n) is 4.32. The Kier molecular flexibility index (Phi) is 3.37. The van der Waals surface area contributed by atoms with Crippen molar-refractivity contribution in [3.63, 3.8) is 0 Å². The van der Waals surface area contributed by atoms with Gasteiger partial charge < -0.3 is 5.73 Å². The van der Waals surface area contributed by atoms with Crippen LogP contribution in [0.15, 0.2) is 29.2 Å². The number of thioether (sulfide) groups is 1. The van der Waals surface area contributed by atoms with E-state index < -0.39 is 0 Å². The Labute approximate surface area is 96.4 Å². The molecule has 2 rings (SSSR count). The zero-order valence-electron chi connectivity index (χ0n) is 9.33. The molecule has 1 aromatic rings. The Morgan fingerprint density at radius 2 is 1.80 bits per heavy atom. The molecule has 1 aliphatic rings.